The quantitative estimate of drug-likeness (QED) is 0.666. The van der Waals surface area contributed by atoms with Crippen molar-refractivity contribution in [3.05, 3.63) is 77.9 Å². The van der Waals surface area contributed by atoms with E-state index < -0.39 is 0 Å². The first-order chi connectivity index (χ1) is 9.85. The molecule has 0 bridgehead atoms. The molecule has 0 N–H and O–H groups in total. The molecule has 0 heterocycles. The Balaban J connectivity index is 1.79. The molecule has 0 atom stereocenters. The van der Waals surface area contributed by atoms with Crippen LogP contribution in [0.3, 0.4) is 0 Å². The molecule has 0 amide bonds. The van der Waals surface area contributed by atoms with E-state index in [0.717, 1.165) is 18.6 Å². The van der Waals surface area contributed by atoms with Crippen LogP contribution in [0.1, 0.15) is 11.1 Å². The van der Waals surface area contributed by atoms with Crippen molar-refractivity contribution in [1.29, 1.82) is 0 Å². The van der Waals surface area contributed by atoms with Crippen molar-refractivity contribution < 1.29 is 4.74 Å². The number of methoxy groups -OCH3 is 1. The summed E-state index contributed by atoms with van der Waals surface area (Å²) in [6.07, 6.45) is 2.16. The molecule has 0 fully saturated rings. The van der Waals surface area contributed by atoms with E-state index in [1.165, 1.54) is 21.9 Å². The molecule has 1 nitrogen and oxygen atoms in total. The molecule has 20 heavy (non-hydrogen) atoms. The molecule has 0 saturated heterocycles. The summed E-state index contributed by atoms with van der Waals surface area (Å²) in [7, 11) is 1.70. The molecule has 3 aromatic rings. The van der Waals surface area contributed by atoms with Gasteiger partial charge in [-0.1, -0.05) is 54.6 Å². The van der Waals surface area contributed by atoms with Crippen LogP contribution in [0.15, 0.2) is 66.7 Å². The van der Waals surface area contributed by atoms with Crippen molar-refractivity contribution >= 4 is 10.8 Å². The van der Waals surface area contributed by atoms with Gasteiger partial charge in [-0.25, -0.2) is 0 Å². The zero-order valence-corrected chi connectivity index (χ0v) is 11.7. The van der Waals surface area contributed by atoms with Crippen LogP contribution in [0.4, 0.5) is 0 Å². The number of rotatable bonds is 4. The van der Waals surface area contributed by atoms with Gasteiger partial charge in [0, 0.05) is 0 Å². The van der Waals surface area contributed by atoms with Crippen LogP contribution in [-0.4, -0.2) is 7.11 Å². The van der Waals surface area contributed by atoms with Crippen LogP contribution in [0, 0.1) is 0 Å². The minimum absolute atomic E-state index is 0.912. The molecule has 3 rings (SSSR count). The lowest BCUT2D eigenvalue weighted by Crippen LogP contribution is -1.91. The van der Waals surface area contributed by atoms with Gasteiger partial charge in [0.05, 0.1) is 7.11 Å². The average Bonchev–Trinajstić information content (AvgIpc) is 2.53. The monoisotopic (exact) mass is 262 g/mol. The standard InChI is InChI=1S/C19H18O/c1-20-19-12-11-17-13-16(9-10-18(17)14-19)8-7-15-5-3-2-4-6-15/h2-6,9-14H,7-8H2,1H3. The fraction of sp³-hybridized carbons (Fsp3) is 0.158. The van der Waals surface area contributed by atoms with Crippen LogP contribution >= 0.6 is 0 Å². The molecule has 0 spiro atoms. The minimum atomic E-state index is 0.912. The van der Waals surface area contributed by atoms with Crippen LogP contribution < -0.4 is 4.74 Å². The van der Waals surface area contributed by atoms with Gasteiger partial charge >= 0.3 is 0 Å². The predicted octanol–water partition coefficient (Wildman–Crippen LogP) is 4.63. The Morgan fingerprint density at radius 3 is 2.20 bits per heavy atom. The van der Waals surface area contributed by atoms with Crippen LogP contribution in [-0.2, 0) is 12.8 Å². The van der Waals surface area contributed by atoms with Gasteiger partial charge in [-0.3, -0.25) is 0 Å². The third-order valence-corrected chi connectivity index (χ3v) is 3.66. The molecule has 0 aliphatic heterocycles. The molecule has 0 aliphatic rings. The van der Waals surface area contributed by atoms with Crippen molar-refractivity contribution in [1.82, 2.24) is 0 Å². The average molecular weight is 262 g/mol. The first-order valence-electron chi connectivity index (χ1n) is 6.96. The van der Waals surface area contributed by atoms with E-state index in [1.807, 2.05) is 6.07 Å². The van der Waals surface area contributed by atoms with E-state index in [1.54, 1.807) is 7.11 Å². The van der Waals surface area contributed by atoms with Gasteiger partial charge in [-0.2, -0.15) is 0 Å². The van der Waals surface area contributed by atoms with E-state index >= 15 is 0 Å². The maximum absolute atomic E-state index is 5.26. The molecular weight excluding hydrogens is 244 g/mol. The van der Waals surface area contributed by atoms with Gasteiger partial charge < -0.3 is 4.74 Å². The number of fused-ring (bicyclic) bond motifs is 1. The summed E-state index contributed by atoms with van der Waals surface area (Å²) in [6.45, 7) is 0. The second-order valence-electron chi connectivity index (χ2n) is 5.03. The third-order valence-electron chi connectivity index (χ3n) is 3.66. The largest absolute Gasteiger partial charge is 0.497 e. The molecule has 0 unspecified atom stereocenters. The van der Waals surface area contributed by atoms with E-state index in [-0.39, 0.29) is 0 Å². The highest BCUT2D eigenvalue weighted by Crippen LogP contribution is 2.22. The zero-order chi connectivity index (χ0) is 13.8. The second-order valence-corrected chi connectivity index (χ2v) is 5.03. The van der Waals surface area contributed by atoms with Crippen LogP contribution in [0.2, 0.25) is 0 Å². The smallest absolute Gasteiger partial charge is 0.119 e. The molecule has 100 valence electrons. The van der Waals surface area contributed by atoms with Gasteiger partial charge in [-0.15, -0.1) is 0 Å². The summed E-state index contributed by atoms with van der Waals surface area (Å²) in [5, 5.41) is 2.50. The topological polar surface area (TPSA) is 9.23 Å². The highest BCUT2D eigenvalue weighted by atomic mass is 16.5. The molecule has 0 radical (unpaired) electrons. The summed E-state index contributed by atoms with van der Waals surface area (Å²) in [5.74, 6) is 0.912. The SMILES string of the molecule is COc1ccc2cc(CCc3ccccc3)ccc2c1. The van der Waals surface area contributed by atoms with Gasteiger partial charge in [0.15, 0.2) is 0 Å². The fourth-order valence-corrected chi connectivity index (χ4v) is 2.49. The number of benzene rings is 3. The summed E-state index contributed by atoms with van der Waals surface area (Å²) < 4.78 is 5.26. The number of hydrogen-bond acceptors (Lipinski definition) is 1. The lowest BCUT2D eigenvalue weighted by Gasteiger charge is -2.06. The lowest BCUT2D eigenvalue weighted by atomic mass is 10.0. The third kappa shape index (κ3) is 2.83. The molecule has 0 aliphatic carbocycles. The van der Waals surface area contributed by atoms with E-state index in [9.17, 15) is 0 Å². The first-order valence-corrected chi connectivity index (χ1v) is 6.96. The molecule has 1 heteroatoms. The van der Waals surface area contributed by atoms with E-state index in [0.29, 0.717) is 0 Å². The molecule has 0 saturated carbocycles. The predicted molar refractivity (Wildman–Crippen MR) is 84.4 cm³/mol. The zero-order valence-electron chi connectivity index (χ0n) is 11.7. The highest BCUT2D eigenvalue weighted by Gasteiger charge is 2.00. The minimum Gasteiger partial charge on any atom is -0.497 e. The second kappa shape index (κ2) is 5.79. The van der Waals surface area contributed by atoms with Gasteiger partial charge in [0.1, 0.15) is 5.75 Å². The molecule has 3 aromatic carbocycles. The Morgan fingerprint density at radius 2 is 1.40 bits per heavy atom. The molecular formula is C19H18O. The van der Waals surface area contributed by atoms with Crippen molar-refractivity contribution in [2.45, 2.75) is 12.8 Å². The number of hydrogen-bond donors (Lipinski definition) is 0. The Labute approximate surface area is 119 Å². The Bertz CT molecular complexity index is 701. The van der Waals surface area contributed by atoms with Crippen LogP contribution in [0.25, 0.3) is 10.8 Å². The van der Waals surface area contributed by atoms with E-state index in [4.69, 9.17) is 4.74 Å². The van der Waals surface area contributed by atoms with Gasteiger partial charge in [0.25, 0.3) is 0 Å². The Kier molecular flexibility index (Phi) is 3.69. The van der Waals surface area contributed by atoms with Crippen molar-refractivity contribution in [3.8, 4) is 5.75 Å². The summed E-state index contributed by atoms with van der Waals surface area (Å²) in [4.78, 5) is 0. The van der Waals surface area contributed by atoms with Crippen LogP contribution in [0.5, 0.6) is 5.75 Å². The van der Waals surface area contributed by atoms with Crippen molar-refractivity contribution in [2.75, 3.05) is 7.11 Å². The number of ether oxygens (including phenoxy) is 1. The normalized spacial score (nSPS) is 10.7. The van der Waals surface area contributed by atoms with Gasteiger partial charge in [0.2, 0.25) is 0 Å². The summed E-state index contributed by atoms with van der Waals surface area (Å²) >= 11 is 0. The summed E-state index contributed by atoms with van der Waals surface area (Å²) in [5.41, 5.74) is 2.77. The lowest BCUT2D eigenvalue weighted by molar-refractivity contribution is 0.415. The number of aryl methyl sites for hydroxylation is 2. The fourth-order valence-electron chi connectivity index (χ4n) is 2.49. The Hall–Kier alpha value is -2.28. The Morgan fingerprint density at radius 1 is 0.700 bits per heavy atom. The first kappa shape index (κ1) is 12.7. The summed E-state index contributed by atoms with van der Waals surface area (Å²) in [6, 6.07) is 23.5. The van der Waals surface area contributed by atoms with E-state index in [2.05, 4.69) is 60.7 Å². The molecule has 0 aromatic heterocycles. The maximum Gasteiger partial charge on any atom is 0.119 e. The van der Waals surface area contributed by atoms with Crippen molar-refractivity contribution in [2.24, 2.45) is 0 Å². The van der Waals surface area contributed by atoms with Crippen molar-refractivity contribution in [3.63, 3.8) is 0 Å². The van der Waals surface area contributed by atoms with Gasteiger partial charge in [-0.05, 0) is 46.9 Å². The highest BCUT2D eigenvalue weighted by molar-refractivity contribution is 5.84. The maximum atomic E-state index is 5.26.